The van der Waals surface area contributed by atoms with Crippen LogP contribution in [0, 0.1) is 23.2 Å². The zero-order chi connectivity index (χ0) is 24.4. The molecule has 0 unspecified atom stereocenters. The van der Waals surface area contributed by atoms with Crippen LogP contribution in [-0.2, 0) is 14.1 Å². The molecule has 4 fully saturated rings. The molecule has 1 aromatic rings. The highest BCUT2D eigenvalue weighted by molar-refractivity contribution is 6.62. The summed E-state index contributed by atoms with van der Waals surface area (Å²) < 4.78 is 12.7. The largest absolute Gasteiger partial charge is 0.496 e. The third-order valence-corrected chi connectivity index (χ3v) is 8.35. The molecule has 8 heteroatoms. The number of aromatic nitrogens is 1. The lowest BCUT2D eigenvalue weighted by Crippen LogP contribution is -2.58. The number of piperazine rings is 1. The molecule has 1 aromatic heterocycles. The first kappa shape index (κ1) is 23.6. The Morgan fingerprint density at radius 2 is 1.79 bits per heavy atom. The van der Waals surface area contributed by atoms with E-state index in [1.807, 2.05) is 33.8 Å². The van der Waals surface area contributed by atoms with Crippen LogP contribution in [-0.4, -0.2) is 59.8 Å². The molecule has 0 N–H and O–H groups in total. The van der Waals surface area contributed by atoms with E-state index in [4.69, 9.17) is 14.3 Å². The molecule has 5 rings (SSSR count). The van der Waals surface area contributed by atoms with Gasteiger partial charge in [0, 0.05) is 42.6 Å². The molecule has 0 spiro atoms. The quantitative estimate of drug-likeness (QED) is 0.623. The number of hydrogen-bond donors (Lipinski definition) is 0. The van der Waals surface area contributed by atoms with Crippen LogP contribution >= 0.6 is 0 Å². The Labute approximate surface area is 203 Å². The van der Waals surface area contributed by atoms with Gasteiger partial charge in [-0.1, -0.05) is 13.8 Å². The third-order valence-electron chi connectivity index (χ3n) is 8.35. The van der Waals surface area contributed by atoms with Crippen molar-refractivity contribution in [1.82, 2.24) is 9.88 Å². The molecule has 7 nitrogen and oxygen atoms in total. The lowest BCUT2D eigenvalue weighted by atomic mass is 9.76. The van der Waals surface area contributed by atoms with Crippen LogP contribution in [0.25, 0.3) is 0 Å². The number of amides is 1. The molecule has 3 heterocycles. The molecule has 0 bridgehead atoms. The predicted octanol–water partition coefficient (Wildman–Crippen LogP) is 3.21. The van der Waals surface area contributed by atoms with E-state index in [0.717, 1.165) is 42.7 Å². The number of pyridine rings is 1. The molecular weight excluding hydrogens is 427 g/mol. The normalized spacial score (nSPS) is 26.2. The molecule has 2 saturated heterocycles. The molecule has 1 atom stereocenters. The average molecular weight is 464 g/mol. The van der Waals surface area contributed by atoms with Gasteiger partial charge in [0.2, 0.25) is 5.91 Å². The maximum absolute atomic E-state index is 12.9. The van der Waals surface area contributed by atoms with Crippen LogP contribution < -0.4 is 10.4 Å². The monoisotopic (exact) mass is 464 g/mol. The summed E-state index contributed by atoms with van der Waals surface area (Å²) in [6.45, 7) is 14.6. The standard InChI is InChI=1S/C26H37BN4O3/c1-16(2)21-15-30(11-12-31(21)24(32)18-9-10-18)23-19(14-28)13-20(22(29-23)17-7-8-17)27-33-25(3,4)26(5,6)34-27/h13,16-18,21H,7-12,15H2,1-6H3/t21-/m0/s1. The average Bonchev–Trinajstić information content (AvgIpc) is 3.69. The number of nitrogens with zero attached hydrogens (tertiary/aromatic N) is 4. The smallest absolute Gasteiger partial charge is 0.399 e. The van der Waals surface area contributed by atoms with E-state index >= 15 is 0 Å². The molecule has 0 aromatic carbocycles. The maximum Gasteiger partial charge on any atom is 0.496 e. The van der Waals surface area contributed by atoms with Gasteiger partial charge in [0.15, 0.2) is 0 Å². The zero-order valence-electron chi connectivity index (χ0n) is 21.4. The van der Waals surface area contributed by atoms with Crippen LogP contribution in [0.15, 0.2) is 6.07 Å². The number of carbonyl (C=O) groups is 1. The second-order valence-electron chi connectivity index (χ2n) is 11.9. The summed E-state index contributed by atoms with van der Waals surface area (Å²) in [7, 11) is -0.523. The van der Waals surface area contributed by atoms with E-state index in [9.17, 15) is 10.1 Å². The summed E-state index contributed by atoms with van der Waals surface area (Å²) in [6.07, 6.45) is 4.25. The summed E-state index contributed by atoms with van der Waals surface area (Å²) in [5.41, 5.74) is 1.56. The van der Waals surface area contributed by atoms with E-state index in [0.29, 0.717) is 42.9 Å². The second-order valence-corrected chi connectivity index (χ2v) is 11.9. The van der Waals surface area contributed by atoms with Crippen molar-refractivity contribution < 1.29 is 14.1 Å². The fourth-order valence-corrected chi connectivity index (χ4v) is 5.11. The summed E-state index contributed by atoms with van der Waals surface area (Å²) in [5.74, 6) is 2.00. The number of anilines is 1. The summed E-state index contributed by atoms with van der Waals surface area (Å²) in [5, 5.41) is 10.1. The fraction of sp³-hybridized carbons (Fsp3) is 0.731. The fourth-order valence-electron chi connectivity index (χ4n) is 5.11. The van der Waals surface area contributed by atoms with E-state index in [1.165, 1.54) is 0 Å². The highest BCUT2D eigenvalue weighted by Gasteiger charge is 2.53. The van der Waals surface area contributed by atoms with Crippen LogP contribution in [0.4, 0.5) is 5.82 Å². The number of carbonyl (C=O) groups excluding carboxylic acids is 1. The minimum absolute atomic E-state index is 0.127. The molecule has 34 heavy (non-hydrogen) atoms. The first-order chi connectivity index (χ1) is 16.0. The molecule has 1 amide bonds. The van der Waals surface area contributed by atoms with Crippen molar-refractivity contribution >= 4 is 24.3 Å². The van der Waals surface area contributed by atoms with Crippen molar-refractivity contribution in [1.29, 1.82) is 5.26 Å². The van der Waals surface area contributed by atoms with Crippen molar-refractivity contribution in [2.45, 2.75) is 90.4 Å². The van der Waals surface area contributed by atoms with E-state index < -0.39 is 18.3 Å². The Hall–Kier alpha value is -2.11. The second kappa shape index (κ2) is 8.24. The van der Waals surface area contributed by atoms with Crippen LogP contribution in [0.1, 0.15) is 84.4 Å². The van der Waals surface area contributed by atoms with Gasteiger partial charge in [0.05, 0.1) is 22.8 Å². The van der Waals surface area contributed by atoms with Gasteiger partial charge >= 0.3 is 7.12 Å². The first-order valence-corrected chi connectivity index (χ1v) is 12.9. The van der Waals surface area contributed by atoms with Gasteiger partial charge in [0.1, 0.15) is 11.9 Å². The van der Waals surface area contributed by atoms with Crippen LogP contribution in [0.5, 0.6) is 0 Å². The van der Waals surface area contributed by atoms with Gasteiger partial charge in [-0.25, -0.2) is 4.98 Å². The van der Waals surface area contributed by atoms with Gasteiger partial charge in [-0.05, 0) is 65.4 Å². The maximum atomic E-state index is 12.9. The topological polar surface area (TPSA) is 78.7 Å². The van der Waals surface area contributed by atoms with E-state index in [2.05, 4.69) is 29.7 Å². The Balaban J connectivity index is 1.46. The molecule has 2 aliphatic heterocycles. The third kappa shape index (κ3) is 4.11. The Kier molecular flexibility index (Phi) is 5.72. The minimum atomic E-state index is -0.523. The molecule has 2 saturated carbocycles. The summed E-state index contributed by atoms with van der Waals surface area (Å²) >= 11 is 0. The Bertz CT molecular complexity index is 1010. The number of nitriles is 1. The lowest BCUT2D eigenvalue weighted by molar-refractivity contribution is -0.136. The summed E-state index contributed by atoms with van der Waals surface area (Å²) in [4.78, 5) is 22.3. The number of hydrogen-bond acceptors (Lipinski definition) is 6. The van der Waals surface area contributed by atoms with Crippen molar-refractivity contribution in [3.05, 3.63) is 17.3 Å². The van der Waals surface area contributed by atoms with Gasteiger partial charge in [-0.15, -0.1) is 0 Å². The van der Waals surface area contributed by atoms with Crippen molar-refractivity contribution in [2.75, 3.05) is 24.5 Å². The lowest BCUT2D eigenvalue weighted by Gasteiger charge is -2.44. The van der Waals surface area contributed by atoms with E-state index in [1.54, 1.807) is 0 Å². The van der Waals surface area contributed by atoms with Gasteiger partial charge < -0.3 is 19.1 Å². The van der Waals surface area contributed by atoms with Crippen LogP contribution in [0.2, 0.25) is 0 Å². The summed E-state index contributed by atoms with van der Waals surface area (Å²) in [6, 6.07) is 4.47. The predicted molar refractivity (Wildman–Crippen MR) is 132 cm³/mol. The number of rotatable bonds is 5. The molecule has 4 aliphatic rings. The van der Waals surface area contributed by atoms with Gasteiger partial charge in [0.25, 0.3) is 0 Å². The molecule has 182 valence electrons. The molecule has 0 radical (unpaired) electrons. The zero-order valence-corrected chi connectivity index (χ0v) is 21.4. The molecule has 2 aliphatic carbocycles. The Morgan fingerprint density at radius 3 is 2.32 bits per heavy atom. The minimum Gasteiger partial charge on any atom is -0.399 e. The van der Waals surface area contributed by atoms with Crippen molar-refractivity contribution in [3.63, 3.8) is 0 Å². The highest BCUT2D eigenvalue weighted by Crippen LogP contribution is 2.42. The highest BCUT2D eigenvalue weighted by atomic mass is 16.7. The van der Waals surface area contributed by atoms with Gasteiger partial charge in [-0.3, -0.25) is 4.79 Å². The van der Waals surface area contributed by atoms with Gasteiger partial charge in [-0.2, -0.15) is 5.26 Å². The first-order valence-electron chi connectivity index (χ1n) is 12.9. The Morgan fingerprint density at radius 1 is 1.15 bits per heavy atom. The van der Waals surface area contributed by atoms with E-state index in [-0.39, 0.29) is 12.0 Å². The van der Waals surface area contributed by atoms with Crippen molar-refractivity contribution in [3.8, 4) is 6.07 Å². The molecular formula is C26H37BN4O3. The van der Waals surface area contributed by atoms with Crippen LogP contribution in [0.3, 0.4) is 0 Å². The SMILES string of the molecule is CC(C)[C@@H]1CN(c2nc(C3CC3)c(B3OC(C)(C)C(C)(C)O3)cc2C#N)CCN1C(=O)C1CC1. The van der Waals surface area contributed by atoms with Crippen molar-refractivity contribution in [2.24, 2.45) is 11.8 Å².